The van der Waals surface area contributed by atoms with E-state index in [9.17, 15) is 0 Å². The molecule has 0 aromatic rings. The minimum atomic E-state index is 0. The fraction of sp³-hybridized carbons (Fsp3) is 0.933. The maximum Gasteiger partial charge on any atom is 0.191 e. The van der Waals surface area contributed by atoms with Crippen molar-refractivity contribution < 1.29 is 0 Å². The molecule has 124 valence electrons. The van der Waals surface area contributed by atoms with Crippen LogP contribution in [0.1, 0.15) is 39.0 Å². The van der Waals surface area contributed by atoms with Crippen LogP contribution < -0.4 is 10.6 Å². The zero-order chi connectivity index (χ0) is 14.2. The smallest absolute Gasteiger partial charge is 0.191 e. The van der Waals surface area contributed by atoms with E-state index in [0.717, 1.165) is 31.5 Å². The van der Waals surface area contributed by atoms with Gasteiger partial charge in [0.2, 0.25) is 0 Å². The van der Waals surface area contributed by atoms with Gasteiger partial charge < -0.3 is 15.5 Å². The quantitative estimate of drug-likeness (QED) is 0.284. The number of hydrogen-bond acceptors (Lipinski definition) is 3. The van der Waals surface area contributed by atoms with Crippen LogP contribution in [0.2, 0.25) is 0 Å². The molecule has 2 aliphatic rings. The Morgan fingerprint density at radius 1 is 1.24 bits per heavy atom. The lowest BCUT2D eigenvalue weighted by molar-refractivity contribution is 0.197. The Bertz CT molecular complexity index is 302. The molecule has 0 spiro atoms. The number of aliphatic imine (C=N–C) groups is 1. The molecular weight excluding hydrogens is 395 g/mol. The molecule has 0 amide bonds. The Balaban J connectivity index is 0.00000220. The molecule has 21 heavy (non-hydrogen) atoms. The van der Waals surface area contributed by atoms with Crippen molar-refractivity contribution in [2.45, 2.75) is 51.1 Å². The molecule has 2 rings (SSSR count). The topological polar surface area (TPSA) is 39.7 Å². The van der Waals surface area contributed by atoms with Crippen LogP contribution >= 0.6 is 35.7 Å². The van der Waals surface area contributed by atoms with Crippen LogP contribution in [-0.4, -0.2) is 61.1 Å². The van der Waals surface area contributed by atoms with E-state index in [0.29, 0.717) is 6.04 Å². The second-order valence-electron chi connectivity index (χ2n) is 5.79. The molecule has 1 saturated heterocycles. The highest BCUT2D eigenvalue weighted by atomic mass is 127. The number of nitrogens with zero attached hydrogens (tertiary/aromatic N) is 2. The fourth-order valence-electron chi connectivity index (χ4n) is 2.76. The van der Waals surface area contributed by atoms with E-state index >= 15 is 0 Å². The highest BCUT2D eigenvalue weighted by Crippen LogP contribution is 2.29. The van der Waals surface area contributed by atoms with Crippen molar-refractivity contribution in [3.63, 3.8) is 0 Å². The number of likely N-dealkylation sites (tertiary alicyclic amines) is 1. The Kier molecular flexibility index (Phi) is 10.1. The third-order valence-corrected chi connectivity index (χ3v) is 4.75. The summed E-state index contributed by atoms with van der Waals surface area (Å²) in [6.45, 7) is 6.52. The molecule has 0 bridgehead atoms. The van der Waals surface area contributed by atoms with Crippen LogP contribution in [0.4, 0.5) is 0 Å². The van der Waals surface area contributed by atoms with E-state index in [2.05, 4.69) is 33.7 Å². The van der Waals surface area contributed by atoms with E-state index in [1.165, 1.54) is 44.5 Å². The lowest BCUT2D eigenvalue weighted by atomic mass is 10.1. The first-order valence-corrected chi connectivity index (χ1v) is 9.50. The Hall–Kier alpha value is 0.310. The third kappa shape index (κ3) is 7.41. The Morgan fingerprint density at radius 3 is 2.52 bits per heavy atom. The number of piperidine rings is 1. The SMILES string of the molecule is CCNC(=NCCCSC)NC1CCN(C2CC2)CC1.I. The summed E-state index contributed by atoms with van der Waals surface area (Å²) < 4.78 is 0. The van der Waals surface area contributed by atoms with Gasteiger partial charge in [-0.3, -0.25) is 4.99 Å². The highest BCUT2D eigenvalue weighted by molar-refractivity contribution is 14.0. The minimum absolute atomic E-state index is 0. The molecule has 1 heterocycles. The molecule has 1 aliphatic carbocycles. The van der Waals surface area contributed by atoms with Gasteiger partial charge in [-0.05, 0) is 51.0 Å². The van der Waals surface area contributed by atoms with Gasteiger partial charge in [0.15, 0.2) is 5.96 Å². The van der Waals surface area contributed by atoms with E-state index in [1.54, 1.807) is 0 Å². The molecule has 2 N–H and O–H groups in total. The molecule has 6 heteroatoms. The Labute approximate surface area is 151 Å². The molecule has 1 aliphatic heterocycles. The summed E-state index contributed by atoms with van der Waals surface area (Å²) in [6.07, 6.45) is 8.69. The van der Waals surface area contributed by atoms with Crippen LogP contribution in [-0.2, 0) is 0 Å². The first-order chi connectivity index (χ1) is 9.83. The van der Waals surface area contributed by atoms with Crippen molar-refractivity contribution in [3.8, 4) is 0 Å². The largest absolute Gasteiger partial charge is 0.357 e. The number of hydrogen-bond donors (Lipinski definition) is 2. The van der Waals surface area contributed by atoms with Gasteiger partial charge >= 0.3 is 0 Å². The summed E-state index contributed by atoms with van der Waals surface area (Å²) in [5, 5.41) is 6.99. The molecule has 0 radical (unpaired) electrons. The highest BCUT2D eigenvalue weighted by Gasteiger charge is 2.31. The number of halogens is 1. The molecule has 2 fully saturated rings. The molecule has 0 atom stereocenters. The fourth-order valence-corrected chi connectivity index (χ4v) is 3.18. The van der Waals surface area contributed by atoms with Crippen molar-refractivity contribution >= 4 is 41.7 Å². The predicted molar refractivity (Wildman–Crippen MR) is 105 cm³/mol. The maximum atomic E-state index is 4.68. The predicted octanol–water partition coefficient (Wildman–Crippen LogP) is 2.54. The van der Waals surface area contributed by atoms with Gasteiger partial charge in [0.1, 0.15) is 0 Å². The van der Waals surface area contributed by atoms with Crippen LogP contribution in [0.25, 0.3) is 0 Å². The summed E-state index contributed by atoms with van der Waals surface area (Å²) in [6, 6.07) is 1.52. The first-order valence-electron chi connectivity index (χ1n) is 8.11. The van der Waals surface area contributed by atoms with Crippen LogP contribution in [0, 0.1) is 0 Å². The van der Waals surface area contributed by atoms with E-state index in [4.69, 9.17) is 0 Å². The molecule has 0 aromatic heterocycles. The summed E-state index contributed by atoms with van der Waals surface area (Å²) in [7, 11) is 0. The van der Waals surface area contributed by atoms with Crippen molar-refractivity contribution in [2.75, 3.05) is 38.2 Å². The summed E-state index contributed by atoms with van der Waals surface area (Å²) >= 11 is 1.90. The van der Waals surface area contributed by atoms with Crippen molar-refractivity contribution in [2.24, 2.45) is 4.99 Å². The standard InChI is InChI=1S/C15H30N4S.HI/c1-3-16-15(17-9-4-12-20-2)18-13-7-10-19(11-8-13)14-5-6-14;/h13-14H,3-12H2,1-2H3,(H2,16,17,18);1H. The van der Waals surface area contributed by atoms with Crippen LogP contribution in [0.5, 0.6) is 0 Å². The zero-order valence-electron chi connectivity index (χ0n) is 13.4. The van der Waals surface area contributed by atoms with E-state index in [1.807, 2.05) is 11.8 Å². The first kappa shape index (κ1) is 19.4. The molecular formula is C15H31IN4S. The van der Waals surface area contributed by atoms with Gasteiger partial charge in [0.25, 0.3) is 0 Å². The second kappa shape index (κ2) is 10.9. The van der Waals surface area contributed by atoms with Crippen molar-refractivity contribution in [1.29, 1.82) is 0 Å². The van der Waals surface area contributed by atoms with Gasteiger partial charge in [0.05, 0.1) is 0 Å². The Morgan fingerprint density at radius 2 is 1.95 bits per heavy atom. The van der Waals surface area contributed by atoms with Crippen molar-refractivity contribution in [1.82, 2.24) is 15.5 Å². The zero-order valence-corrected chi connectivity index (χ0v) is 16.6. The van der Waals surface area contributed by atoms with E-state index in [-0.39, 0.29) is 24.0 Å². The lowest BCUT2D eigenvalue weighted by Gasteiger charge is -2.33. The van der Waals surface area contributed by atoms with Gasteiger partial charge in [-0.25, -0.2) is 0 Å². The molecule has 1 saturated carbocycles. The lowest BCUT2D eigenvalue weighted by Crippen LogP contribution is -2.49. The van der Waals surface area contributed by atoms with Crippen LogP contribution in [0.15, 0.2) is 4.99 Å². The van der Waals surface area contributed by atoms with Crippen molar-refractivity contribution in [3.05, 3.63) is 0 Å². The third-order valence-electron chi connectivity index (χ3n) is 4.05. The minimum Gasteiger partial charge on any atom is -0.357 e. The normalized spacial score (nSPS) is 21.0. The number of thioether (sulfide) groups is 1. The summed E-state index contributed by atoms with van der Waals surface area (Å²) in [4.78, 5) is 7.35. The molecule has 0 unspecified atom stereocenters. The maximum absolute atomic E-state index is 4.68. The monoisotopic (exact) mass is 426 g/mol. The summed E-state index contributed by atoms with van der Waals surface area (Å²) in [5.74, 6) is 2.21. The number of rotatable bonds is 7. The van der Waals surface area contributed by atoms with Gasteiger partial charge in [-0.1, -0.05) is 0 Å². The van der Waals surface area contributed by atoms with Crippen LogP contribution in [0.3, 0.4) is 0 Å². The van der Waals surface area contributed by atoms with Gasteiger partial charge in [-0.15, -0.1) is 24.0 Å². The molecule has 4 nitrogen and oxygen atoms in total. The average Bonchev–Trinajstić information content (AvgIpc) is 3.29. The number of guanidine groups is 1. The van der Waals surface area contributed by atoms with Gasteiger partial charge in [0, 0.05) is 38.3 Å². The second-order valence-corrected chi connectivity index (χ2v) is 6.78. The van der Waals surface area contributed by atoms with Gasteiger partial charge in [-0.2, -0.15) is 11.8 Å². The average molecular weight is 426 g/mol. The van der Waals surface area contributed by atoms with E-state index < -0.39 is 0 Å². The summed E-state index contributed by atoms with van der Waals surface area (Å²) in [5.41, 5.74) is 0. The molecule has 0 aromatic carbocycles. The number of nitrogens with one attached hydrogen (secondary N) is 2.